The van der Waals surface area contributed by atoms with Gasteiger partial charge in [-0.3, -0.25) is 19.6 Å². The summed E-state index contributed by atoms with van der Waals surface area (Å²) in [4.78, 5) is 42.2. The molecule has 0 aromatic carbocycles. The van der Waals surface area contributed by atoms with E-state index in [2.05, 4.69) is 35.7 Å². The number of nitrogens with one attached hydrogen (secondary N) is 2. The molecule has 1 amide bonds. The van der Waals surface area contributed by atoms with Gasteiger partial charge in [-0.2, -0.15) is 0 Å². The van der Waals surface area contributed by atoms with Crippen LogP contribution in [0.25, 0.3) is 22.7 Å². The van der Waals surface area contributed by atoms with E-state index in [1.165, 1.54) is 0 Å². The Labute approximate surface area is 218 Å². The molecule has 0 spiro atoms. The van der Waals surface area contributed by atoms with Gasteiger partial charge in [-0.05, 0) is 51.0 Å². The summed E-state index contributed by atoms with van der Waals surface area (Å²) in [6.07, 6.45) is 9.41. The molecule has 1 saturated carbocycles. The second kappa shape index (κ2) is 10.8. The smallest absolute Gasteiger partial charge is 0.307 e. The Bertz CT molecular complexity index is 1470. The van der Waals surface area contributed by atoms with Crippen molar-refractivity contribution in [3.05, 3.63) is 60.4 Å². The molecule has 2 unspecified atom stereocenters. The molecule has 5 rings (SSSR count). The Morgan fingerprint density at radius 1 is 0.947 bits per heavy atom. The van der Waals surface area contributed by atoms with Crippen molar-refractivity contribution < 1.29 is 19.2 Å². The van der Waals surface area contributed by atoms with Crippen LogP contribution in [0.5, 0.6) is 0 Å². The molecular weight excluding hydrogens is 486 g/mol. The maximum atomic E-state index is 12.9. The van der Waals surface area contributed by atoms with E-state index in [1.807, 2.05) is 12.1 Å². The predicted octanol–water partition coefficient (Wildman–Crippen LogP) is 4.78. The second-order valence-electron chi connectivity index (χ2n) is 9.28. The molecule has 0 bridgehead atoms. The fraction of sp³-hybridized carbons (Fsp3) is 0.296. The summed E-state index contributed by atoms with van der Waals surface area (Å²) in [5.74, 6) is -1.53. The molecule has 3 N–H and O–H groups in total. The first-order valence-electron chi connectivity index (χ1n) is 12.4. The fourth-order valence-corrected chi connectivity index (χ4v) is 4.68. The van der Waals surface area contributed by atoms with Crippen LogP contribution in [0, 0.1) is 25.7 Å². The highest BCUT2D eigenvalue weighted by atomic mass is 16.5. The molecule has 1 aliphatic rings. The molecule has 0 saturated heterocycles. The van der Waals surface area contributed by atoms with Crippen molar-refractivity contribution in [1.29, 1.82) is 0 Å². The lowest BCUT2D eigenvalue weighted by Gasteiger charge is -2.27. The average molecular weight is 514 g/mol. The number of rotatable bonds is 7. The third-order valence-electron chi connectivity index (χ3n) is 6.70. The van der Waals surface area contributed by atoms with E-state index in [0.717, 1.165) is 18.4 Å². The Balaban J connectivity index is 1.36. The topological polar surface area (TPSA) is 156 Å². The Kier molecular flexibility index (Phi) is 7.07. The van der Waals surface area contributed by atoms with Crippen molar-refractivity contribution in [2.75, 3.05) is 10.6 Å². The number of nitrogens with zero attached hydrogens (tertiary/aromatic N) is 5. The molecule has 4 heterocycles. The highest BCUT2D eigenvalue weighted by molar-refractivity contribution is 5.95. The Morgan fingerprint density at radius 3 is 2.50 bits per heavy atom. The minimum absolute atomic E-state index is 0.292. The number of hydrogen-bond acceptors (Lipinski definition) is 9. The number of aliphatic carboxylic acids is 1. The van der Waals surface area contributed by atoms with Crippen molar-refractivity contribution >= 4 is 29.1 Å². The van der Waals surface area contributed by atoms with Crippen LogP contribution < -0.4 is 10.6 Å². The quantitative estimate of drug-likeness (QED) is 0.314. The normalized spacial score (nSPS) is 17.1. The van der Waals surface area contributed by atoms with Gasteiger partial charge in [0.2, 0.25) is 11.7 Å². The lowest BCUT2D eigenvalue weighted by atomic mass is 9.78. The predicted molar refractivity (Wildman–Crippen MR) is 139 cm³/mol. The van der Waals surface area contributed by atoms with E-state index >= 15 is 0 Å². The van der Waals surface area contributed by atoms with Crippen molar-refractivity contribution in [3.63, 3.8) is 0 Å². The number of aryl methyl sites for hydroxylation is 2. The minimum Gasteiger partial charge on any atom is -0.481 e. The third-order valence-corrected chi connectivity index (χ3v) is 6.70. The van der Waals surface area contributed by atoms with Crippen LogP contribution in [0.4, 0.5) is 17.2 Å². The van der Waals surface area contributed by atoms with E-state index in [0.29, 0.717) is 58.6 Å². The number of pyridine rings is 2. The van der Waals surface area contributed by atoms with E-state index in [9.17, 15) is 14.7 Å². The summed E-state index contributed by atoms with van der Waals surface area (Å²) in [7, 11) is 0. The number of carboxylic acids is 1. The van der Waals surface area contributed by atoms with Crippen LogP contribution in [0.15, 0.2) is 53.6 Å². The van der Waals surface area contributed by atoms with Crippen LogP contribution in [0.1, 0.15) is 37.1 Å². The zero-order valence-corrected chi connectivity index (χ0v) is 21.0. The van der Waals surface area contributed by atoms with Gasteiger partial charge in [-0.15, -0.1) is 0 Å². The van der Waals surface area contributed by atoms with Crippen molar-refractivity contribution in [1.82, 2.24) is 25.1 Å². The molecule has 2 atom stereocenters. The summed E-state index contributed by atoms with van der Waals surface area (Å²) in [6.45, 7) is 3.58. The fourth-order valence-electron chi connectivity index (χ4n) is 4.68. The van der Waals surface area contributed by atoms with Crippen LogP contribution in [0.3, 0.4) is 0 Å². The molecule has 1 aliphatic carbocycles. The van der Waals surface area contributed by atoms with Crippen LogP contribution in [0.2, 0.25) is 0 Å². The Hall–Kier alpha value is -4.67. The van der Waals surface area contributed by atoms with Gasteiger partial charge in [0, 0.05) is 18.0 Å². The van der Waals surface area contributed by atoms with Gasteiger partial charge in [-0.1, -0.05) is 18.0 Å². The number of amides is 1. The number of carboxylic acid groups (broad SMARTS) is 1. The molecule has 0 aliphatic heterocycles. The molecule has 4 aromatic heterocycles. The molecule has 4 aromatic rings. The van der Waals surface area contributed by atoms with Crippen molar-refractivity contribution in [2.45, 2.75) is 39.5 Å². The summed E-state index contributed by atoms with van der Waals surface area (Å²) < 4.78 is 5.59. The van der Waals surface area contributed by atoms with Crippen LogP contribution in [-0.4, -0.2) is 42.1 Å². The summed E-state index contributed by atoms with van der Waals surface area (Å²) >= 11 is 0. The van der Waals surface area contributed by atoms with Gasteiger partial charge < -0.3 is 20.3 Å². The highest BCUT2D eigenvalue weighted by Gasteiger charge is 2.36. The minimum atomic E-state index is -0.925. The zero-order chi connectivity index (χ0) is 26.6. The largest absolute Gasteiger partial charge is 0.481 e. The highest BCUT2D eigenvalue weighted by Crippen LogP contribution is 2.34. The number of hydrogen-bond donors (Lipinski definition) is 3. The summed E-state index contributed by atoms with van der Waals surface area (Å²) in [5.41, 5.74) is 4.31. The lowest BCUT2D eigenvalue weighted by Crippen LogP contribution is -2.36. The maximum Gasteiger partial charge on any atom is 0.307 e. The van der Waals surface area contributed by atoms with Crippen molar-refractivity contribution in [2.24, 2.45) is 11.8 Å². The van der Waals surface area contributed by atoms with Gasteiger partial charge in [0.05, 0.1) is 41.3 Å². The van der Waals surface area contributed by atoms with Gasteiger partial charge in [0.25, 0.3) is 0 Å². The first-order valence-corrected chi connectivity index (χ1v) is 12.4. The van der Waals surface area contributed by atoms with E-state index < -0.39 is 17.8 Å². The van der Waals surface area contributed by atoms with E-state index in [1.54, 1.807) is 50.8 Å². The zero-order valence-electron chi connectivity index (χ0n) is 21.0. The first kappa shape index (κ1) is 25.0. The molecule has 11 nitrogen and oxygen atoms in total. The number of aromatic nitrogens is 5. The molecule has 194 valence electrons. The number of carbonyl (C=O) groups excluding carboxylic acids is 1. The SMILES string of the molecule is Cc1nc(-c2onc(C)c2Nc2cncc(-c3cccnc3)n2)ccc1NC(=O)C1CCCCC1C(=O)O. The van der Waals surface area contributed by atoms with Crippen LogP contribution in [-0.2, 0) is 9.59 Å². The van der Waals surface area contributed by atoms with Gasteiger partial charge in [-0.25, -0.2) is 9.97 Å². The molecule has 38 heavy (non-hydrogen) atoms. The molecule has 11 heteroatoms. The van der Waals surface area contributed by atoms with Crippen molar-refractivity contribution in [3.8, 4) is 22.7 Å². The summed E-state index contributed by atoms with van der Waals surface area (Å²) in [6, 6.07) is 7.19. The van der Waals surface area contributed by atoms with Gasteiger partial charge >= 0.3 is 5.97 Å². The monoisotopic (exact) mass is 513 g/mol. The standard InChI is InChI=1S/C27H27N7O4/c1-15-20(32-26(35)18-7-3-4-8-19(18)27(36)37)9-10-21(30-15)25-24(16(2)34-38-25)33-23-14-29-13-22(31-23)17-6-5-11-28-12-17/h5-6,9-14,18-19H,3-4,7-8H2,1-2H3,(H,31,33)(H,32,35)(H,36,37). The van der Waals surface area contributed by atoms with Crippen LogP contribution >= 0.6 is 0 Å². The van der Waals surface area contributed by atoms with E-state index in [4.69, 9.17) is 4.52 Å². The molecule has 0 radical (unpaired) electrons. The Morgan fingerprint density at radius 2 is 1.76 bits per heavy atom. The number of anilines is 3. The van der Waals surface area contributed by atoms with Gasteiger partial charge in [0.15, 0.2) is 0 Å². The lowest BCUT2D eigenvalue weighted by molar-refractivity contribution is -0.147. The average Bonchev–Trinajstić information content (AvgIpc) is 3.30. The maximum absolute atomic E-state index is 12.9. The molecule has 1 fully saturated rings. The van der Waals surface area contributed by atoms with E-state index in [-0.39, 0.29) is 5.91 Å². The van der Waals surface area contributed by atoms with Gasteiger partial charge in [0.1, 0.15) is 22.9 Å². The first-order chi connectivity index (χ1) is 18.4. The third kappa shape index (κ3) is 5.22. The number of carbonyl (C=O) groups is 2. The molecular formula is C27H27N7O4. The second-order valence-corrected chi connectivity index (χ2v) is 9.28. The summed E-state index contributed by atoms with van der Waals surface area (Å²) in [5, 5.41) is 19.7.